The monoisotopic (exact) mass is 194 g/mol. The van der Waals surface area contributed by atoms with E-state index in [1.165, 1.54) is 21.0 Å². The van der Waals surface area contributed by atoms with Crippen LogP contribution in [0.1, 0.15) is 5.56 Å². The molecule has 10 heavy (non-hydrogen) atoms. The molecule has 0 N–H and O–H groups in total. The number of benzene rings is 1. The maximum atomic E-state index is 3.48. The highest BCUT2D eigenvalue weighted by Crippen LogP contribution is 2.11. The first-order valence-corrected chi connectivity index (χ1v) is 4.14. The van der Waals surface area contributed by atoms with E-state index in [0.717, 1.165) is 0 Å². The van der Waals surface area contributed by atoms with E-state index in [2.05, 4.69) is 50.7 Å². The van der Waals surface area contributed by atoms with Gasteiger partial charge in [-0.05, 0) is 12.5 Å². The molecule has 0 nitrogen and oxygen atoms in total. The zero-order chi connectivity index (χ0) is 7.72. The van der Waals surface area contributed by atoms with E-state index in [1.807, 2.05) is 0 Å². The Morgan fingerprint density at radius 2 is 1.70 bits per heavy atom. The Hall–Kier alpha value is -0.170. The molecule has 1 aromatic rings. The lowest BCUT2D eigenvalue weighted by atomic mass is 9.80. The van der Waals surface area contributed by atoms with Crippen LogP contribution in [-0.4, -0.2) is 15.7 Å². The van der Waals surface area contributed by atoms with E-state index in [9.17, 15) is 0 Å². The quantitative estimate of drug-likeness (QED) is 0.478. The van der Waals surface area contributed by atoms with Crippen LogP contribution < -0.4 is 10.9 Å². The smallest absolute Gasteiger partial charge is 0.0948 e. The van der Waals surface area contributed by atoms with Gasteiger partial charge in [0.1, 0.15) is 15.7 Å². The first-order chi connectivity index (χ1) is 4.61. The molecule has 0 atom stereocenters. The van der Waals surface area contributed by atoms with Crippen molar-refractivity contribution in [3.63, 3.8) is 0 Å². The Morgan fingerprint density at radius 1 is 1.20 bits per heavy atom. The second-order valence-electron chi connectivity index (χ2n) is 2.69. The Balaban J connectivity index is 3.28. The van der Waals surface area contributed by atoms with Crippen molar-refractivity contribution in [2.24, 2.45) is 0 Å². The van der Waals surface area contributed by atoms with Crippen LogP contribution in [0.5, 0.6) is 0 Å². The van der Waals surface area contributed by atoms with E-state index in [1.54, 1.807) is 0 Å². The van der Waals surface area contributed by atoms with E-state index in [0.29, 0.717) is 0 Å². The van der Waals surface area contributed by atoms with Crippen LogP contribution in [0.15, 0.2) is 16.6 Å². The number of halogens is 1. The summed E-state index contributed by atoms with van der Waals surface area (Å²) in [4.78, 5) is 0. The molecule has 0 spiro atoms. The van der Waals surface area contributed by atoms with E-state index in [-0.39, 0.29) is 0 Å². The molecular formula is C7H9B2Br. The minimum absolute atomic E-state index is 1.20. The third-order valence-electron chi connectivity index (χ3n) is 1.77. The molecule has 0 radical (unpaired) electrons. The van der Waals surface area contributed by atoms with Gasteiger partial charge in [0.15, 0.2) is 0 Å². The third kappa shape index (κ3) is 1.46. The number of rotatable bonds is 0. The largest absolute Gasteiger partial charge is 0.138 e. The number of aryl methyl sites for hydroxylation is 1. The zero-order valence-electron chi connectivity index (χ0n) is 6.53. The summed E-state index contributed by atoms with van der Waals surface area (Å²) in [5.41, 5.74) is 4.02. The summed E-state index contributed by atoms with van der Waals surface area (Å²) in [6, 6.07) is 4.35. The van der Waals surface area contributed by atoms with Gasteiger partial charge in [0.25, 0.3) is 0 Å². The van der Waals surface area contributed by atoms with Gasteiger partial charge in [-0.3, -0.25) is 0 Å². The highest BCUT2D eigenvalue weighted by Gasteiger charge is 1.96. The van der Waals surface area contributed by atoms with Crippen molar-refractivity contribution < 1.29 is 0 Å². The molecule has 50 valence electrons. The third-order valence-corrected chi connectivity index (χ3v) is 2.63. The summed E-state index contributed by atoms with van der Waals surface area (Å²) in [6.45, 7) is 2.11. The van der Waals surface area contributed by atoms with Crippen LogP contribution in [-0.2, 0) is 0 Å². The summed E-state index contributed by atoms with van der Waals surface area (Å²) in [6.07, 6.45) is 0. The Kier molecular flexibility index (Phi) is 2.24. The highest BCUT2D eigenvalue weighted by molar-refractivity contribution is 9.10. The average molecular weight is 195 g/mol. The van der Waals surface area contributed by atoms with Gasteiger partial charge in [0.2, 0.25) is 0 Å². The molecule has 0 saturated carbocycles. The fourth-order valence-corrected chi connectivity index (χ4v) is 1.38. The molecule has 0 amide bonds. The van der Waals surface area contributed by atoms with Crippen molar-refractivity contribution in [1.29, 1.82) is 0 Å². The zero-order valence-corrected chi connectivity index (χ0v) is 8.12. The van der Waals surface area contributed by atoms with Crippen LogP contribution in [0.3, 0.4) is 0 Å². The van der Waals surface area contributed by atoms with Crippen molar-refractivity contribution in [2.45, 2.75) is 6.92 Å². The van der Waals surface area contributed by atoms with Crippen LogP contribution in [0, 0.1) is 6.92 Å². The lowest BCUT2D eigenvalue weighted by Crippen LogP contribution is -2.25. The molecule has 0 fully saturated rings. The van der Waals surface area contributed by atoms with Crippen LogP contribution >= 0.6 is 15.9 Å². The molecule has 0 aliphatic carbocycles. The number of hydrogen-bond donors (Lipinski definition) is 0. The standard InChI is InChI=1S/C7H9B2Br/c1-4-2-5(8)6(9)3-7(4)10/h2-3H,8-9H2,1H3. The predicted molar refractivity (Wildman–Crippen MR) is 55.2 cm³/mol. The van der Waals surface area contributed by atoms with Crippen LogP contribution in [0.2, 0.25) is 0 Å². The van der Waals surface area contributed by atoms with E-state index in [4.69, 9.17) is 0 Å². The molecule has 3 heteroatoms. The topological polar surface area (TPSA) is 0 Å². The van der Waals surface area contributed by atoms with Crippen molar-refractivity contribution >= 4 is 42.5 Å². The van der Waals surface area contributed by atoms with E-state index < -0.39 is 0 Å². The van der Waals surface area contributed by atoms with Gasteiger partial charge >= 0.3 is 0 Å². The lowest BCUT2D eigenvalue weighted by Gasteiger charge is -2.03. The Labute approximate surface area is 72.0 Å². The summed E-state index contributed by atoms with van der Waals surface area (Å²) >= 11 is 3.48. The first kappa shape index (κ1) is 7.93. The van der Waals surface area contributed by atoms with Gasteiger partial charge in [-0.25, -0.2) is 0 Å². The van der Waals surface area contributed by atoms with Gasteiger partial charge in [-0.1, -0.05) is 39.0 Å². The van der Waals surface area contributed by atoms with Crippen molar-refractivity contribution in [2.75, 3.05) is 0 Å². The van der Waals surface area contributed by atoms with Crippen molar-refractivity contribution in [1.82, 2.24) is 0 Å². The second kappa shape index (κ2) is 2.83. The van der Waals surface area contributed by atoms with Gasteiger partial charge < -0.3 is 0 Å². The lowest BCUT2D eigenvalue weighted by molar-refractivity contribution is 1.46. The molecule has 0 aliphatic heterocycles. The van der Waals surface area contributed by atoms with E-state index >= 15 is 0 Å². The fraction of sp³-hybridized carbons (Fsp3) is 0.143. The van der Waals surface area contributed by atoms with Gasteiger partial charge in [-0.2, -0.15) is 0 Å². The fourth-order valence-electron chi connectivity index (χ4n) is 0.925. The molecule has 0 aliphatic rings. The van der Waals surface area contributed by atoms with Crippen molar-refractivity contribution in [3.05, 3.63) is 22.2 Å². The highest BCUT2D eigenvalue weighted by atomic mass is 79.9. The average Bonchev–Trinajstić information content (AvgIpc) is 1.84. The molecular weight excluding hydrogens is 186 g/mol. The molecule has 0 unspecified atom stereocenters. The summed E-state index contributed by atoms with van der Waals surface area (Å²) in [5, 5.41) is 0. The Morgan fingerprint density at radius 3 is 2.20 bits per heavy atom. The van der Waals surface area contributed by atoms with Gasteiger partial charge in [0.05, 0.1) is 0 Å². The summed E-state index contributed by atoms with van der Waals surface area (Å²) in [5.74, 6) is 0. The van der Waals surface area contributed by atoms with Gasteiger partial charge in [0, 0.05) is 4.47 Å². The summed E-state index contributed by atoms with van der Waals surface area (Å²) < 4.78 is 1.20. The molecule has 0 aromatic heterocycles. The second-order valence-corrected chi connectivity index (χ2v) is 3.54. The SMILES string of the molecule is Bc1cc(C)c(Br)cc1B. The first-order valence-electron chi connectivity index (χ1n) is 3.34. The minimum Gasteiger partial charge on any atom is -0.0948 e. The van der Waals surface area contributed by atoms with Crippen molar-refractivity contribution in [3.8, 4) is 0 Å². The Bertz CT molecular complexity index is 208. The maximum absolute atomic E-state index is 3.48. The molecule has 1 rings (SSSR count). The normalized spacial score (nSPS) is 9.80. The molecule has 0 bridgehead atoms. The van der Waals surface area contributed by atoms with Gasteiger partial charge in [-0.15, -0.1) is 0 Å². The summed E-state index contributed by atoms with van der Waals surface area (Å²) in [7, 11) is 4.26. The van der Waals surface area contributed by atoms with Crippen LogP contribution in [0.4, 0.5) is 0 Å². The maximum Gasteiger partial charge on any atom is 0.138 e. The molecule has 0 heterocycles. The molecule has 1 aromatic carbocycles. The predicted octanol–water partition coefficient (Wildman–Crippen LogP) is -0.726. The molecule has 0 saturated heterocycles. The number of hydrogen-bond acceptors (Lipinski definition) is 0. The van der Waals surface area contributed by atoms with Crippen LogP contribution in [0.25, 0.3) is 0 Å². The minimum atomic E-state index is 1.20.